The second kappa shape index (κ2) is 8.23. The Hall–Kier alpha value is -2.90. The van der Waals surface area contributed by atoms with Crippen LogP contribution in [0.5, 0.6) is 5.75 Å². The van der Waals surface area contributed by atoms with Crippen LogP contribution in [0.25, 0.3) is 21.7 Å². The smallest absolute Gasteiger partial charge is 0.226 e. The number of ether oxygens (including phenoxy) is 1. The first-order valence-corrected chi connectivity index (χ1v) is 11.1. The lowest BCUT2D eigenvalue weighted by Crippen LogP contribution is -2.09. The second-order valence-corrected chi connectivity index (χ2v) is 8.71. The van der Waals surface area contributed by atoms with Crippen LogP contribution >= 0.6 is 0 Å². The zero-order valence-electron chi connectivity index (χ0n) is 16.2. The molecule has 0 amide bonds. The van der Waals surface area contributed by atoms with Crippen molar-refractivity contribution in [2.45, 2.75) is 22.8 Å². The molecular formula is C22H23N3O3S. The number of aromatic amines is 1. The zero-order valence-corrected chi connectivity index (χ0v) is 17.0. The summed E-state index contributed by atoms with van der Waals surface area (Å²) in [5, 5.41) is 12.2. The van der Waals surface area contributed by atoms with E-state index in [1.54, 1.807) is 24.3 Å². The van der Waals surface area contributed by atoms with Gasteiger partial charge in [-0.05, 0) is 56.1 Å². The number of fused-ring (bicyclic) bond motifs is 2. The van der Waals surface area contributed by atoms with Crippen molar-refractivity contribution in [2.75, 3.05) is 20.2 Å². The van der Waals surface area contributed by atoms with Gasteiger partial charge in [0.1, 0.15) is 5.75 Å². The molecule has 0 saturated heterocycles. The minimum Gasteiger partial charge on any atom is -0.494 e. The highest BCUT2D eigenvalue weighted by Crippen LogP contribution is 2.32. The Morgan fingerprint density at radius 2 is 1.83 bits per heavy atom. The summed E-state index contributed by atoms with van der Waals surface area (Å²) in [6.07, 6.45) is 1.94. The molecule has 0 aliphatic heterocycles. The Balaban J connectivity index is 1.70. The highest BCUT2D eigenvalue weighted by molar-refractivity contribution is 7.91. The highest BCUT2D eigenvalue weighted by atomic mass is 32.2. The van der Waals surface area contributed by atoms with E-state index >= 15 is 0 Å². The molecule has 0 saturated carbocycles. The quantitative estimate of drug-likeness (QED) is 0.431. The number of rotatable bonds is 8. The summed E-state index contributed by atoms with van der Waals surface area (Å²) < 4.78 is 32.7. The van der Waals surface area contributed by atoms with Crippen LogP contribution in [0.4, 0.5) is 0 Å². The van der Waals surface area contributed by atoms with Gasteiger partial charge in [0.2, 0.25) is 9.84 Å². The van der Waals surface area contributed by atoms with Crippen LogP contribution in [0.3, 0.4) is 0 Å². The van der Waals surface area contributed by atoms with Crippen molar-refractivity contribution >= 4 is 31.5 Å². The molecule has 7 heteroatoms. The van der Waals surface area contributed by atoms with Crippen LogP contribution in [0.1, 0.15) is 12.8 Å². The van der Waals surface area contributed by atoms with Gasteiger partial charge in [0.15, 0.2) is 5.03 Å². The lowest BCUT2D eigenvalue weighted by Gasteiger charge is -2.08. The Morgan fingerprint density at radius 3 is 2.69 bits per heavy atom. The van der Waals surface area contributed by atoms with Gasteiger partial charge >= 0.3 is 0 Å². The van der Waals surface area contributed by atoms with Gasteiger partial charge < -0.3 is 10.1 Å². The van der Waals surface area contributed by atoms with Crippen LogP contribution in [-0.4, -0.2) is 38.8 Å². The largest absolute Gasteiger partial charge is 0.494 e. The molecule has 0 aliphatic carbocycles. The number of nitrogens with zero attached hydrogens (tertiary/aromatic N) is 1. The minimum absolute atomic E-state index is 0.0180. The maximum Gasteiger partial charge on any atom is 0.226 e. The molecule has 6 nitrogen and oxygen atoms in total. The topological polar surface area (TPSA) is 84.1 Å². The van der Waals surface area contributed by atoms with E-state index in [1.165, 1.54) is 0 Å². The molecule has 0 radical (unpaired) electrons. The van der Waals surface area contributed by atoms with E-state index in [1.807, 2.05) is 43.4 Å². The fourth-order valence-electron chi connectivity index (χ4n) is 3.39. The van der Waals surface area contributed by atoms with E-state index in [2.05, 4.69) is 15.5 Å². The molecule has 0 atom stereocenters. The Morgan fingerprint density at radius 1 is 1.00 bits per heavy atom. The van der Waals surface area contributed by atoms with E-state index in [4.69, 9.17) is 4.74 Å². The summed E-state index contributed by atoms with van der Waals surface area (Å²) in [5.41, 5.74) is 0.659. The third kappa shape index (κ3) is 3.83. The molecule has 4 rings (SSSR count). The van der Waals surface area contributed by atoms with E-state index in [0.29, 0.717) is 28.6 Å². The van der Waals surface area contributed by atoms with Crippen molar-refractivity contribution in [3.63, 3.8) is 0 Å². The Labute approximate surface area is 169 Å². The zero-order chi connectivity index (χ0) is 20.3. The van der Waals surface area contributed by atoms with Crippen LogP contribution < -0.4 is 10.1 Å². The molecule has 0 bridgehead atoms. The highest BCUT2D eigenvalue weighted by Gasteiger charge is 2.25. The van der Waals surface area contributed by atoms with Gasteiger partial charge in [-0.3, -0.25) is 5.10 Å². The molecule has 0 unspecified atom stereocenters. The second-order valence-electron chi connectivity index (χ2n) is 6.88. The molecule has 0 fully saturated rings. The molecular weight excluding hydrogens is 386 g/mol. The fourth-order valence-corrected chi connectivity index (χ4v) is 4.96. The molecule has 150 valence electrons. The molecule has 1 heterocycles. The molecule has 1 aromatic heterocycles. The fraction of sp³-hybridized carbons (Fsp3) is 0.227. The average molecular weight is 410 g/mol. The van der Waals surface area contributed by atoms with Crippen LogP contribution in [0, 0.1) is 0 Å². The lowest BCUT2D eigenvalue weighted by atomic mass is 10.1. The monoisotopic (exact) mass is 409 g/mol. The van der Waals surface area contributed by atoms with E-state index in [-0.39, 0.29) is 9.92 Å². The first-order chi connectivity index (χ1) is 14.1. The summed E-state index contributed by atoms with van der Waals surface area (Å²) in [5.74, 6) is 0.637. The van der Waals surface area contributed by atoms with Gasteiger partial charge in [-0.25, -0.2) is 8.42 Å². The standard InChI is InChI=1S/C22H23N3O3S/c1-23-13-4-5-14-28-17-11-12-20-19(15-17)22(25-24-20)29(26,27)21-10-6-8-16-7-2-3-9-18(16)21/h2-3,6-12,15,23H,4-5,13-14H2,1H3,(H,24,25). The van der Waals surface area contributed by atoms with Crippen LogP contribution in [0.2, 0.25) is 0 Å². The number of H-pyrrole nitrogens is 1. The first-order valence-electron chi connectivity index (χ1n) is 9.59. The van der Waals surface area contributed by atoms with Gasteiger partial charge in [0, 0.05) is 10.8 Å². The summed E-state index contributed by atoms with van der Waals surface area (Å²) in [4.78, 5) is 0.252. The lowest BCUT2D eigenvalue weighted by molar-refractivity contribution is 0.307. The van der Waals surface area contributed by atoms with Crippen LogP contribution in [0.15, 0.2) is 70.6 Å². The Bertz CT molecular complexity index is 1240. The molecule has 3 aromatic carbocycles. The van der Waals surface area contributed by atoms with Crippen molar-refractivity contribution in [1.29, 1.82) is 0 Å². The molecule has 29 heavy (non-hydrogen) atoms. The SMILES string of the molecule is CNCCCCOc1ccc2[nH]nc(S(=O)(=O)c3cccc4ccccc34)c2c1. The van der Waals surface area contributed by atoms with Gasteiger partial charge in [0.25, 0.3) is 0 Å². The van der Waals surface area contributed by atoms with E-state index in [9.17, 15) is 8.42 Å². The predicted octanol–water partition coefficient (Wildman–Crippen LogP) is 3.93. The molecule has 0 spiro atoms. The van der Waals surface area contributed by atoms with Crippen molar-refractivity contribution in [1.82, 2.24) is 15.5 Å². The molecule has 2 N–H and O–H groups in total. The van der Waals surface area contributed by atoms with E-state index < -0.39 is 9.84 Å². The predicted molar refractivity (Wildman–Crippen MR) is 114 cm³/mol. The number of sulfone groups is 1. The minimum atomic E-state index is -3.80. The summed E-state index contributed by atoms with van der Waals surface area (Å²) in [6, 6.07) is 18.1. The summed E-state index contributed by atoms with van der Waals surface area (Å²) in [7, 11) is -1.88. The van der Waals surface area contributed by atoms with Gasteiger partial charge in [-0.1, -0.05) is 36.4 Å². The normalized spacial score (nSPS) is 11.9. The number of benzene rings is 3. The average Bonchev–Trinajstić information content (AvgIpc) is 3.17. The van der Waals surface area contributed by atoms with Gasteiger partial charge in [-0.2, -0.15) is 5.10 Å². The number of hydrogen-bond acceptors (Lipinski definition) is 5. The Kier molecular flexibility index (Phi) is 5.51. The third-order valence-electron chi connectivity index (χ3n) is 4.88. The molecule has 0 aliphatic rings. The summed E-state index contributed by atoms with van der Waals surface area (Å²) >= 11 is 0. The van der Waals surface area contributed by atoms with Crippen molar-refractivity contribution < 1.29 is 13.2 Å². The van der Waals surface area contributed by atoms with Gasteiger partial charge in [0.05, 0.1) is 17.0 Å². The van der Waals surface area contributed by atoms with Crippen molar-refractivity contribution in [3.8, 4) is 5.75 Å². The van der Waals surface area contributed by atoms with Crippen molar-refractivity contribution in [3.05, 3.63) is 60.7 Å². The summed E-state index contributed by atoms with van der Waals surface area (Å²) in [6.45, 7) is 1.52. The third-order valence-corrected chi connectivity index (χ3v) is 6.64. The van der Waals surface area contributed by atoms with Crippen LogP contribution in [-0.2, 0) is 9.84 Å². The first kappa shape index (κ1) is 19.4. The van der Waals surface area contributed by atoms with Gasteiger partial charge in [-0.15, -0.1) is 0 Å². The number of aromatic nitrogens is 2. The van der Waals surface area contributed by atoms with E-state index in [0.717, 1.165) is 24.8 Å². The van der Waals surface area contributed by atoms with Crippen molar-refractivity contribution in [2.24, 2.45) is 0 Å². The molecule has 4 aromatic rings. The maximum atomic E-state index is 13.4. The number of nitrogens with one attached hydrogen (secondary N) is 2. The number of unbranched alkanes of at least 4 members (excludes halogenated alkanes) is 1. The maximum absolute atomic E-state index is 13.4. The number of hydrogen-bond donors (Lipinski definition) is 2.